The number of hydrogen-bond donors (Lipinski definition) is 1. The molecule has 0 saturated heterocycles. The minimum atomic E-state index is -3.91. The van der Waals surface area contributed by atoms with Crippen LogP contribution in [-0.2, 0) is 10.7 Å². The second-order valence-corrected chi connectivity index (χ2v) is 4.08. The first kappa shape index (κ1) is 11.8. The van der Waals surface area contributed by atoms with E-state index in [0.29, 0.717) is 6.07 Å². The third kappa shape index (κ3) is 1.49. The van der Waals surface area contributed by atoms with Crippen LogP contribution < -0.4 is 5.32 Å². The van der Waals surface area contributed by atoms with Gasteiger partial charge in [0.15, 0.2) is 0 Å². The summed E-state index contributed by atoms with van der Waals surface area (Å²) in [5, 5.41) is 12.2. The van der Waals surface area contributed by atoms with E-state index in [1.165, 1.54) is 0 Å². The zero-order valence-corrected chi connectivity index (χ0v) is 9.35. The second kappa shape index (κ2) is 3.42. The topological polar surface area (TPSA) is 72.2 Å². The van der Waals surface area contributed by atoms with Crippen molar-refractivity contribution in [3.63, 3.8) is 0 Å². The fourth-order valence-electron chi connectivity index (χ4n) is 1.47. The lowest BCUT2D eigenvalue weighted by Gasteiger charge is -2.07. The van der Waals surface area contributed by atoms with E-state index in [1.807, 2.05) is 0 Å². The minimum absolute atomic E-state index is 0.501. The second-order valence-electron chi connectivity index (χ2n) is 3.23. The molecule has 0 bridgehead atoms. The average molecular weight is 311 g/mol. The first-order chi connectivity index (χ1) is 7.76. The number of hydrogen-bond acceptors (Lipinski definition) is 3. The fourth-order valence-corrected chi connectivity index (χ4v) is 1.89. The van der Waals surface area contributed by atoms with Gasteiger partial charge < -0.3 is 5.32 Å². The summed E-state index contributed by atoms with van der Waals surface area (Å²) in [7, 11) is 0. The molecule has 5 nitrogen and oxygen atoms in total. The summed E-state index contributed by atoms with van der Waals surface area (Å²) < 4.78 is 39.5. The van der Waals surface area contributed by atoms with E-state index in [4.69, 9.17) is 0 Å². The molecule has 0 radical (unpaired) electrons. The van der Waals surface area contributed by atoms with Crippen LogP contribution in [0.1, 0.15) is 5.56 Å². The maximum absolute atomic E-state index is 13.4. The number of carbonyl (C=O) groups excluding carboxylic acids is 1. The smallest absolute Gasteiger partial charge is 0.314 e. The number of amides is 1. The van der Waals surface area contributed by atoms with Crippen LogP contribution in [-0.4, -0.2) is 10.8 Å². The van der Waals surface area contributed by atoms with Crippen LogP contribution in [0, 0.1) is 15.9 Å². The largest absolute Gasteiger partial charge is 0.352 e. The predicted octanol–water partition coefficient (Wildman–Crippen LogP) is 2.54. The molecular formula is C8H2BrF3N2O3. The van der Waals surface area contributed by atoms with Gasteiger partial charge in [-0.15, -0.1) is 0 Å². The highest BCUT2D eigenvalue weighted by Crippen LogP contribution is 2.47. The highest BCUT2D eigenvalue weighted by atomic mass is 79.9. The molecule has 1 aromatic carbocycles. The molecule has 1 aliphatic heterocycles. The van der Waals surface area contributed by atoms with Gasteiger partial charge in [0.05, 0.1) is 15.0 Å². The molecule has 1 aromatic rings. The number of nitro benzene ring substituents is 1. The molecule has 0 saturated carbocycles. The summed E-state index contributed by atoms with van der Waals surface area (Å²) in [5.74, 6) is -6.93. The number of nitro groups is 1. The van der Waals surface area contributed by atoms with E-state index in [-0.39, 0.29) is 0 Å². The molecule has 1 heterocycles. The highest BCUT2D eigenvalue weighted by molar-refractivity contribution is 9.10. The molecule has 1 N–H and O–H groups in total. The molecule has 1 amide bonds. The van der Waals surface area contributed by atoms with E-state index in [0.717, 1.165) is 0 Å². The maximum atomic E-state index is 13.4. The van der Waals surface area contributed by atoms with Crippen molar-refractivity contribution in [2.75, 3.05) is 5.32 Å². The lowest BCUT2D eigenvalue weighted by molar-refractivity contribution is -0.386. The van der Waals surface area contributed by atoms with E-state index in [9.17, 15) is 28.1 Å². The Balaban J connectivity index is 2.83. The summed E-state index contributed by atoms with van der Waals surface area (Å²) in [6.07, 6.45) is 0. The van der Waals surface area contributed by atoms with Gasteiger partial charge in [-0.25, -0.2) is 0 Å². The van der Waals surface area contributed by atoms with Gasteiger partial charge in [0.2, 0.25) is 5.82 Å². The van der Waals surface area contributed by atoms with Gasteiger partial charge >= 0.3 is 11.6 Å². The number of benzene rings is 1. The van der Waals surface area contributed by atoms with Crippen LogP contribution >= 0.6 is 15.9 Å². The number of alkyl halides is 2. The molecule has 0 aliphatic carbocycles. The molecule has 9 heteroatoms. The fraction of sp³-hybridized carbons (Fsp3) is 0.125. The van der Waals surface area contributed by atoms with Gasteiger partial charge in [-0.1, -0.05) is 0 Å². The Hall–Kier alpha value is -1.64. The summed E-state index contributed by atoms with van der Waals surface area (Å²) in [6.45, 7) is 0. The molecule has 2 rings (SSSR count). The van der Waals surface area contributed by atoms with Gasteiger partial charge in [0, 0.05) is 0 Å². The number of carbonyl (C=O) groups is 1. The summed E-state index contributed by atoms with van der Waals surface area (Å²) in [5.41, 5.74) is -2.90. The average Bonchev–Trinajstić information content (AvgIpc) is 2.41. The number of nitrogens with zero attached hydrogens (tertiary/aromatic N) is 1. The summed E-state index contributed by atoms with van der Waals surface area (Å²) >= 11 is 2.59. The molecule has 0 spiro atoms. The van der Waals surface area contributed by atoms with Crippen LogP contribution in [0.4, 0.5) is 24.5 Å². The van der Waals surface area contributed by atoms with E-state index >= 15 is 0 Å². The van der Waals surface area contributed by atoms with Gasteiger partial charge in [-0.2, -0.15) is 13.2 Å². The van der Waals surface area contributed by atoms with Crippen molar-refractivity contribution < 1.29 is 22.9 Å². The summed E-state index contributed by atoms with van der Waals surface area (Å²) in [4.78, 5) is 20.4. The normalized spacial score (nSPS) is 16.6. The number of anilines is 1. The third-order valence-electron chi connectivity index (χ3n) is 2.24. The van der Waals surface area contributed by atoms with Crippen molar-refractivity contribution in [2.24, 2.45) is 0 Å². The quantitative estimate of drug-likeness (QED) is 0.640. The first-order valence-electron chi connectivity index (χ1n) is 4.13. The highest BCUT2D eigenvalue weighted by Gasteiger charge is 2.52. The number of rotatable bonds is 1. The molecule has 1 aliphatic rings. The SMILES string of the molecule is O=C1Nc2c(cc(Br)c(F)c2[N+](=O)[O-])C1(F)F. The Morgan fingerprint density at radius 3 is 2.59 bits per heavy atom. The molecular weight excluding hydrogens is 309 g/mol. The van der Waals surface area contributed by atoms with Crippen molar-refractivity contribution >= 4 is 33.2 Å². The molecule has 17 heavy (non-hydrogen) atoms. The predicted molar refractivity (Wildman–Crippen MR) is 53.3 cm³/mol. The van der Waals surface area contributed by atoms with Crippen LogP contribution in [0.15, 0.2) is 10.5 Å². The standard InChI is InChI=1S/C8H2BrF3N2O3/c9-3-1-2-5(6(4(3)10)14(16)17)13-7(15)8(2,11)12/h1H,(H,13,15). The van der Waals surface area contributed by atoms with Crippen molar-refractivity contribution in [1.82, 2.24) is 0 Å². The molecule has 0 unspecified atom stereocenters. The minimum Gasteiger partial charge on any atom is -0.314 e. The van der Waals surface area contributed by atoms with Crippen molar-refractivity contribution in [2.45, 2.75) is 5.92 Å². The van der Waals surface area contributed by atoms with Gasteiger partial charge in [-0.3, -0.25) is 14.9 Å². The van der Waals surface area contributed by atoms with Crippen molar-refractivity contribution in [3.05, 3.63) is 32.0 Å². The molecule has 0 aromatic heterocycles. The number of nitrogens with one attached hydrogen (secondary N) is 1. The van der Waals surface area contributed by atoms with E-state index < -0.39 is 44.0 Å². The molecule has 0 atom stereocenters. The van der Waals surface area contributed by atoms with Crippen LogP contribution in [0.25, 0.3) is 0 Å². The lowest BCUT2D eigenvalue weighted by atomic mass is 10.1. The van der Waals surface area contributed by atoms with Crippen molar-refractivity contribution in [1.29, 1.82) is 0 Å². The van der Waals surface area contributed by atoms with Gasteiger partial charge in [0.1, 0.15) is 5.69 Å². The Morgan fingerprint density at radius 2 is 2.06 bits per heavy atom. The number of halogens is 4. The maximum Gasteiger partial charge on any atom is 0.352 e. The van der Waals surface area contributed by atoms with E-state index in [1.54, 1.807) is 5.32 Å². The van der Waals surface area contributed by atoms with Crippen LogP contribution in [0.2, 0.25) is 0 Å². The Morgan fingerprint density at radius 1 is 1.47 bits per heavy atom. The molecule has 90 valence electrons. The Bertz CT molecular complexity index is 561. The lowest BCUT2D eigenvalue weighted by Crippen LogP contribution is -2.23. The van der Waals surface area contributed by atoms with E-state index in [2.05, 4.69) is 15.9 Å². The van der Waals surface area contributed by atoms with Crippen LogP contribution in [0.5, 0.6) is 0 Å². The molecule has 0 fully saturated rings. The summed E-state index contributed by atoms with van der Waals surface area (Å²) in [6, 6.07) is 0.648. The van der Waals surface area contributed by atoms with Crippen molar-refractivity contribution in [3.8, 4) is 0 Å². The Labute approximate surface area is 99.9 Å². The third-order valence-corrected chi connectivity index (χ3v) is 2.82. The zero-order valence-electron chi connectivity index (χ0n) is 7.76. The van der Waals surface area contributed by atoms with Gasteiger partial charge in [0.25, 0.3) is 5.91 Å². The Kier molecular flexibility index (Phi) is 2.38. The zero-order chi connectivity index (χ0) is 13.0. The monoisotopic (exact) mass is 310 g/mol. The first-order valence-corrected chi connectivity index (χ1v) is 4.92. The number of fused-ring (bicyclic) bond motifs is 1. The van der Waals surface area contributed by atoms with Crippen LogP contribution in [0.3, 0.4) is 0 Å². The van der Waals surface area contributed by atoms with Gasteiger partial charge in [-0.05, 0) is 22.0 Å².